The molecule has 2 aliphatic rings. The van der Waals surface area contributed by atoms with Crippen molar-refractivity contribution in [2.24, 2.45) is 11.7 Å². The minimum absolute atomic E-state index is 0.0309. The van der Waals surface area contributed by atoms with Crippen LogP contribution in [0.15, 0.2) is 12.1 Å². The molecule has 3 N–H and O–H groups in total. The normalized spacial score (nSPS) is 22.8. The number of carbonyl (C=O) groups is 2. The second-order valence-electron chi connectivity index (χ2n) is 7.17. The molecule has 27 heavy (non-hydrogen) atoms. The van der Waals surface area contributed by atoms with Gasteiger partial charge in [-0.25, -0.2) is 4.39 Å². The molecule has 2 saturated heterocycles. The van der Waals surface area contributed by atoms with Gasteiger partial charge >= 0.3 is 0 Å². The third-order valence-corrected chi connectivity index (χ3v) is 6.12. The summed E-state index contributed by atoms with van der Waals surface area (Å²) in [6.45, 7) is 2.03. The molecule has 2 aliphatic heterocycles. The number of amides is 2. The highest BCUT2D eigenvalue weighted by Crippen LogP contribution is 2.36. The molecule has 2 atom stereocenters. The van der Waals surface area contributed by atoms with Crippen LogP contribution in [0.4, 0.5) is 4.39 Å². The second kappa shape index (κ2) is 6.96. The minimum Gasteiger partial charge on any atom is -0.349 e. The number of benzene rings is 1. The highest BCUT2D eigenvalue weighted by Gasteiger charge is 2.36. The number of nitrogens with one attached hydrogen (secondary N) is 1. The molecule has 1 aromatic heterocycles. The number of H-pyrrole nitrogens is 1. The molecular weight excluding hydrogens is 394 g/mol. The summed E-state index contributed by atoms with van der Waals surface area (Å²) in [7, 11) is 0. The minimum atomic E-state index is -0.597. The highest BCUT2D eigenvalue weighted by molar-refractivity contribution is 6.44. The molecule has 0 bridgehead atoms. The van der Waals surface area contributed by atoms with Crippen LogP contribution in [0.3, 0.4) is 0 Å². The molecule has 0 aliphatic carbocycles. The lowest BCUT2D eigenvalue weighted by molar-refractivity contribution is -0.134. The molecule has 0 saturated carbocycles. The Morgan fingerprint density at radius 1 is 1.11 bits per heavy atom. The summed E-state index contributed by atoms with van der Waals surface area (Å²) >= 11 is 12.3. The summed E-state index contributed by atoms with van der Waals surface area (Å²) in [5.41, 5.74) is 6.53. The van der Waals surface area contributed by atoms with E-state index in [1.807, 2.05) is 0 Å². The van der Waals surface area contributed by atoms with E-state index in [9.17, 15) is 14.0 Å². The van der Waals surface area contributed by atoms with E-state index >= 15 is 0 Å². The molecule has 144 valence electrons. The molecule has 0 radical (unpaired) electrons. The first kappa shape index (κ1) is 18.5. The average molecular weight is 413 g/mol. The zero-order valence-electron chi connectivity index (χ0n) is 14.5. The summed E-state index contributed by atoms with van der Waals surface area (Å²) in [5, 5.41) is 0.270. The monoisotopic (exact) mass is 412 g/mol. The maximum atomic E-state index is 13.7. The van der Waals surface area contributed by atoms with Gasteiger partial charge in [0.15, 0.2) is 0 Å². The first-order valence-corrected chi connectivity index (χ1v) is 9.61. The fourth-order valence-electron chi connectivity index (χ4n) is 3.88. The van der Waals surface area contributed by atoms with Gasteiger partial charge in [-0.1, -0.05) is 23.2 Å². The maximum Gasteiger partial charge on any atom is 0.271 e. The lowest BCUT2D eigenvalue weighted by Crippen LogP contribution is -2.38. The van der Waals surface area contributed by atoms with Gasteiger partial charge in [0.25, 0.3) is 5.91 Å². The number of nitrogens with two attached hydrogens (primary N) is 1. The van der Waals surface area contributed by atoms with Crippen LogP contribution in [0.1, 0.15) is 23.3 Å². The van der Waals surface area contributed by atoms with Gasteiger partial charge in [0.2, 0.25) is 5.91 Å². The van der Waals surface area contributed by atoms with Crippen molar-refractivity contribution in [3.05, 3.63) is 33.7 Å². The van der Waals surface area contributed by atoms with E-state index in [0.29, 0.717) is 43.5 Å². The number of likely N-dealkylation sites (tertiary alicyclic amines) is 2. The number of rotatable bonds is 2. The number of fused-ring (bicyclic) bond motifs is 1. The predicted octanol–water partition coefficient (Wildman–Crippen LogP) is 2.64. The molecule has 4 rings (SSSR count). The van der Waals surface area contributed by atoms with Crippen LogP contribution in [0.5, 0.6) is 0 Å². The van der Waals surface area contributed by atoms with Crippen LogP contribution in [-0.4, -0.2) is 58.8 Å². The predicted molar refractivity (Wildman–Crippen MR) is 101 cm³/mol. The molecular formula is C18H19Cl2FN4O2. The van der Waals surface area contributed by atoms with E-state index in [4.69, 9.17) is 28.9 Å². The van der Waals surface area contributed by atoms with Gasteiger partial charge in [0.1, 0.15) is 11.5 Å². The van der Waals surface area contributed by atoms with E-state index in [1.165, 1.54) is 12.1 Å². The van der Waals surface area contributed by atoms with Gasteiger partial charge in [-0.3, -0.25) is 9.59 Å². The Hall–Kier alpha value is -1.83. The molecule has 6 nitrogen and oxygen atoms in total. The number of aromatic amines is 1. The molecule has 2 aromatic rings. The zero-order chi connectivity index (χ0) is 19.3. The smallest absolute Gasteiger partial charge is 0.271 e. The van der Waals surface area contributed by atoms with E-state index in [-0.39, 0.29) is 39.5 Å². The quantitative estimate of drug-likeness (QED) is 0.794. The maximum absolute atomic E-state index is 13.7. The first-order valence-electron chi connectivity index (χ1n) is 8.85. The SMILES string of the molecule is N[C@@H]1CCN(C(=O)[C@@H]2CCN(C(=O)c3[nH]c4ccc(F)c(Cl)c4c3Cl)C2)C1. The van der Waals surface area contributed by atoms with Crippen LogP contribution < -0.4 is 5.73 Å². The lowest BCUT2D eigenvalue weighted by Gasteiger charge is -2.21. The van der Waals surface area contributed by atoms with Gasteiger partial charge < -0.3 is 20.5 Å². The second-order valence-corrected chi connectivity index (χ2v) is 7.92. The number of hydrogen-bond donors (Lipinski definition) is 2. The standard InChI is InChI=1S/C18H19Cl2FN4O2/c19-14-11(21)1-2-12-13(14)15(20)16(23-12)18(27)24-5-3-9(7-24)17(26)25-6-4-10(22)8-25/h1-2,9-10,23H,3-8,22H2/t9-,10-/m1/s1. The summed E-state index contributed by atoms with van der Waals surface area (Å²) in [6, 6.07) is 2.74. The Kier molecular flexibility index (Phi) is 4.78. The highest BCUT2D eigenvalue weighted by atomic mass is 35.5. The Morgan fingerprint density at radius 2 is 1.85 bits per heavy atom. The van der Waals surface area contributed by atoms with Crippen molar-refractivity contribution < 1.29 is 14.0 Å². The third kappa shape index (κ3) is 3.17. The van der Waals surface area contributed by atoms with Gasteiger partial charge in [-0.2, -0.15) is 0 Å². The van der Waals surface area contributed by atoms with Crippen LogP contribution in [0.2, 0.25) is 10.0 Å². The molecule has 2 fully saturated rings. The number of halogens is 3. The fourth-order valence-corrected chi connectivity index (χ4v) is 4.51. The molecule has 3 heterocycles. The topological polar surface area (TPSA) is 82.4 Å². The molecule has 9 heteroatoms. The third-order valence-electron chi connectivity index (χ3n) is 5.37. The number of carbonyl (C=O) groups excluding carboxylic acids is 2. The van der Waals surface area contributed by atoms with Crippen molar-refractivity contribution >= 4 is 45.9 Å². The van der Waals surface area contributed by atoms with E-state index in [1.54, 1.807) is 9.80 Å². The summed E-state index contributed by atoms with van der Waals surface area (Å²) in [5.74, 6) is -1.10. The van der Waals surface area contributed by atoms with E-state index in [0.717, 1.165) is 6.42 Å². The Labute approximate surface area is 165 Å². The Balaban J connectivity index is 1.52. The van der Waals surface area contributed by atoms with Crippen molar-refractivity contribution in [3.8, 4) is 0 Å². The summed E-state index contributed by atoms with van der Waals surface area (Å²) in [6.07, 6.45) is 1.41. The Morgan fingerprint density at radius 3 is 2.56 bits per heavy atom. The van der Waals surface area contributed by atoms with Crippen molar-refractivity contribution in [1.82, 2.24) is 14.8 Å². The van der Waals surface area contributed by atoms with Gasteiger partial charge in [0, 0.05) is 43.1 Å². The van der Waals surface area contributed by atoms with Crippen molar-refractivity contribution in [2.75, 3.05) is 26.2 Å². The molecule has 1 aromatic carbocycles. The zero-order valence-corrected chi connectivity index (χ0v) is 16.0. The summed E-state index contributed by atoms with van der Waals surface area (Å²) in [4.78, 5) is 31.8. The van der Waals surface area contributed by atoms with Crippen molar-refractivity contribution in [3.63, 3.8) is 0 Å². The van der Waals surface area contributed by atoms with Gasteiger partial charge in [-0.05, 0) is 25.0 Å². The van der Waals surface area contributed by atoms with Gasteiger partial charge in [0.05, 0.1) is 16.0 Å². The number of nitrogens with zero attached hydrogens (tertiary/aromatic N) is 2. The van der Waals surface area contributed by atoms with E-state index < -0.39 is 5.82 Å². The van der Waals surface area contributed by atoms with Crippen LogP contribution >= 0.6 is 23.2 Å². The number of hydrogen-bond acceptors (Lipinski definition) is 3. The molecule has 0 unspecified atom stereocenters. The molecule has 2 amide bonds. The van der Waals surface area contributed by atoms with Gasteiger partial charge in [-0.15, -0.1) is 0 Å². The largest absolute Gasteiger partial charge is 0.349 e. The average Bonchev–Trinajstić information content (AvgIpc) is 3.36. The fraction of sp³-hybridized carbons (Fsp3) is 0.444. The van der Waals surface area contributed by atoms with Crippen molar-refractivity contribution in [1.29, 1.82) is 0 Å². The summed E-state index contributed by atoms with van der Waals surface area (Å²) < 4.78 is 13.7. The molecule has 0 spiro atoms. The van der Waals surface area contributed by atoms with E-state index in [2.05, 4.69) is 4.98 Å². The number of aromatic nitrogens is 1. The Bertz CT molecular complexity index is 932. The lowest BCUT2D eigenvalue weighted by atomic mass is 10.1. The van der Waals surface area contributed by atoms with Crippen LogP contribution in [0, 0.1) is 11.7 Å². The first-order chi connectivity index (χ1) is 12.9. The van der Waals surface area contributed by atoms with Crippen molar-refractivity contribution in [2.45, 2.75) is 18.9 Å². The van der Waals surface area contributed by atoms with Crippen LogP contribution in [-0.2, 0) is 4.79 Å². The van der Waals surface area contributed by atoms with Crippen LogP contribution in [0.25, 0.3) is 10.9 Å².